The fourth-order valence-corrected chi connectivity index (χ4v) is 4.53. The van der Waals surface area contributed by atoms with Crippen LogP contribution in [0, 0.1) is 5.92 Å². The number of carbonyl (C=O) groups excluding carboxylic acids is 2. The van der Waals surface area contributed by atoms with Gasteiger partial charge in [-0.2, -0.15) is 0 Å². The van der Waals surface area contributed by atoms with Crippen LogP contribution in [-0.2, 0) is 20.9 Å². The van der Waals surface area contributed by atoms with Gasteiger partial charge in [-0.15, -0.1) is 0 Å². The summed E-state index contributed by atoms with van der Waals surface area (Å²) in [5.74, 6) is 0.108. The molecule has 1 amide bonds. The van der Waals surface area contributed by atoms with Gasteiger partial charge < -0.3 is 14.6 Å². The summed E-state index contributed by atoms with van der Waals surface area (Å²) >= 11 is 0. The average molecular weight is 355 g/mol. The molecule has 4 rings (SSSR count). The van der Waals surface area contributed by atoms with Crippen molar-refractivity contribution in [1.82, 2.24) is 14.9 Å². The highest BCUT2D eigenvalue weighted by Crippen LogP contribution is 2.45. The lowest BCUT2D eigenvalue weighted by Gasteiger charge is -2.28. The van der Waals surface area contributed by atoms with Crippen molar-refractivity contribution in [2.45, 2.75) is 64.1 Å². The van der Waals surface area contributed by atoms with E-state index in [1.807, 2.05) is 24.3 Å². The van der Waals surface area contributed by atoms with Crippen molar-refractivity contribution in [2.24, 2.45) is 5.92 Å². The van der Waals surface area contributed by atoms with E-state index in [0.717, 1.165) is 42.5 Å². The summed E-state index contributed by atoms with van der Waals surface area (Å²) in [6.07, 6.45) is 3.80. The molecule has 1 aliphatic heterocycles. The maximum Gasteiger partial charge on any atom is 0.307 e. The number of hydrogen-bond donors (Lipinski definition) is 1. The maximum atomic E-state index is 12.8. The number of aromatic nitrogens is 2. The van der Waals surface area contributed by atoms with E-state index >= 15 is 0 Å². The number of benzene rings is 1. The number of carbonyl (C=O) groups is 2. The Bertz CT molecular complexity index is 849. The highest BCUT2D eigenvalue weighted by molar-refractivity contribution is 5.88. The minimum absolute atomic E-state index is 0.0971. The van der Waals surface area contributed by atoms with Crippen LogP contribution in [0.1, 0.15) is 57.8 Å². The van der Waals surface area contributed by atoms with Gasteiger partial charge in [-0.25, -0.2) is 4.98 Å². The van der Waals surface area contributed by atoms with Gasteiger partial charge in [0, 0.05) is 6.04 Å². The molecule has 26 heavy (non-hydrogen) atoms. The number of para-hydroxylation sites is 2. The summed E-state index contributed by atoms with van der Waals surface area (Å²) in [7, 11) is 0. The Hall–Kier alpha value is -2.37. The number of fused-ring (bicyclic) bond motifs is 1. The van der Waals surface area contributed by atoms with Crippen LogP contribution in [0.15, 0.2) is 24.3 Å². The van der Waals surface area contributed by atoms with Crippen LogP contribution < -0.4 is 5.32 Å². The molecular weight excluding hydrogens is 330 g/mol. The largest absolute Gasteiger partial charge is 0.458 e. The number of hydrogen-bond acceptors (Lipinski definition) is 4. The molecule has 1 atom stereocenters. The van der Waals surface area contributed by atoms with Crippen LogP contribution in [0.25, 0.3) is 11.0 Å². The molecule has 1 saturated carbocycles. The molecule has 0 bridgehead atoms. The molecule has 138 valence electrons. The first-order chi connectivity index (χ1) is 12.5. The second-order valence-corrected chi connectivity index (χ2v) is 7.70. The lowest BCUT2D eigenvalue weighted by molar-refractivity contribution is -0.150. The molecule has 2 aromatic rings. The number of esters is 1. The normalized spacial score (nSPS) is 21.7. The quantitative estimate of drug-likeness (QED) is 0.855. The van der Waals surface area contributed by atoms with Gasteiger partial charge in [0.25, 0.3) is 0 Å². The average Bonchev–Trinajstić information content (AvgIpc) is 3.30. The molecule has 1 N–H and O–H groups in total. The third kappa shape index (κ3) is 2.77. The van der Waals surface area contributed by atoms with Crippen LogP contribution in [0.4, 0.5) is 0 Å². The van der Waals surface area contributed by atoms with E-state index in [1.165, 1.54) is 0 Å². The SMILES string of the molecule is CC(C)n1c(CNC(=O)[C@@H]2CC(=O)OC23CCCC3)nc2ccccc21. The Morgan fingerprint density at radius 2 is 2.08 bits per heavy atom. The van der Waals surface area contributed by atoms with Gasteiger partial charge in [-0.05, 0) is 51.7 Å². The zero-order chi connectivity index (χ0) is 18.3. The topological polar surface area (TPSA) is 73.2 Å². The lowest BCUT2D eigenvalue weighted by atomic mass is 9.85. The van der Waals surface area contributed by atoms with E-state index in [-0.39, 0.29) is 30.3 Å². The zero-order valence-electron chi connectivity index (χ0n) is 15.3. The predicted octanol–water partition coefficient (Wildman–Crippen LogP) is 3.11. The van der Waals surface area contributed by atoms with Gasteiger partial charge in [-0.1, -0.05) is 12.1 Å². The summed E-state index contributed by atoms with van der Waals surface area (Å²) in [5, 5.41) is 3.01. The Morgan fingerprint density at radius 3 is 2.81 bits per heavy atom. The van der Waals surface area contributed by atoms with Crippen LogP contribution in [0.3, 0.4) is 0 Å². The van der Waals surface area contributed by atoms with E-state index in [4.69, 9.17) is 4.74 Å². The molecule has 1 spiro atoms. The number of ether oxygens (including phenoxy) is 1. The zero-order valence-corrected chi connectivity index (χ0v) is 15.3. The fourth-order valence-electron chi connectivity index (χ4n) is 4.53. The van der Waals surface area contributed by atoms with Crippen molar-refractivity contribution in [3.05, 3.63) is 30.1 Å². The van der Waals surface area contributed by atoms with Crippen molar-refractivity contribution < 1.29 is 14.3 Å². The Balaban J connectivity index is 1.54. The second-order valence-electron chi connectivity index (χ2n) is 7.70. The van der Waals surface area contributed by atoms with E-state index < -0.39 is 5.60 Å². The van der Waals surface area contributed by atoms with Gasteiger partial charge in [0.05, 0.1) is 29.9 Å². The van der Waals surface area contributed by atoms with Crippen molar-refractivity contribution in [1.29, 1.82) is 0 Å². The van der Waals surface area contributed by atoms with Gasteiger partial charge in [0.15, 0.2) is 0 Å². The first-order valence-electron chi connectivity index (χ1n) is 9.45. The third-order valence-corrected chi connectivity index (χ3v) is 5.70. The fraction of sp³-hybridized carbons (Fsp3) is 0.550. The number of rotatable bonds is 4. The maximum absolute atomic E-state index is 12.8. The molecule has 2 fully saturated rings. The van der Waals surface area contributed by atoms with Gasteiger partial charge >= 0.3 is 5.97 Å². The standard InChI is InChI=1S/C20H25N3O3/c1-13(2)23-16-8-4-3-7-15(16)22-17(23)12-21-19(25)14-11-18(24)26-20(14)9-5-6-10-20/h3-4,7-8,13-14H,5-6,9-12H2,1-2H3,(H,21,25)/t14-/m0/s1. The number of nitrogens with zero attached hydrogens (tertiary/aromatic N) is 2. The summed E-state index contributed by atoms with van der Waals surface area (Å²) in [5.41, 5.74) is 1.43. The molecule has 2 heterocycles. The van der Waals surface area contributed by atoms with Crippen LogP contribution in [0.2, 0.25) is 0 Å². The highest BCUT2D eigenvalue weighted by Gasteiger charge is 2.53. The van der Waals surface area contributed by atoms with Crippen molar-refractivity contribution in [2.75, 3.05) is 0 Å². The minimum atomic E-state index is -0.570. The summed E-state index contributed by atoms with van der Waals surface area (Å²) in [4.78, 5) is 29.4. The van der Waals surface area contributed by atoms with Gasteiger partial charge in [0.1, 0.15) is 11.4 Å². The van der Waals surface area contributed by atoms with Crippen molar-refractivity contribution >= 4 is 22.9 Å². The molecule has 1 aromatic heterocycles. The minimum Gasteiger partial charge on any atom is -0.458 e. The van der Waals surface area contributed by atoms with E-state index in [1.54, 1.807) is 0 Å². The Morgan fingerprint density at radius 1 is 1.35 bits per heavy atom. The number of imidazole rings is 1. The molecule has 6 nitrogen and oxygen atoms in total. The van der Waals surface area contributed by atoms with Crippen molar-refractivity contribution in [3.63, 3.8) is 0 Å². The van der Waals surface area contributed by atoms with E-state index in [0.29, 0.717) is 6.54 Å². The molecular formula is C20H25N3O3. The van der Waals surface area contributed by atoms with E-state index in [9.17, 15) is 9.59 Å². The molecule has 0 unspecified atom stereocenters. The summed E-state index contributed by atoms with van der Waals surface area (Å²) in [6, 6.07) is 8.23. The van der Waals surface area contributed by atoms with Crippen molar-refractivity contribution in [3.8, 4) is 0 Å². The third-order valence-electron chi connectivity index (χ3n) is 5.70. The first kappa shape index (κ1) is 17.1. The Labute approximate surface area is 152 Å². The first-order valence-corrected chi connectivity index (χ1v) is 9.45. The molecule has 0 radical (unpaired) electrons. The second kappa shape index (κ2) is 6.41. The molecule has 1 saturated heterocycles. The molecule has 6 heteroatoms. The smallest absolute Gasteiger partial charge is 0.307 e. The monoisotopic (exact) mass is 355 g/mol. The summed E-state index contributed by atoms with van der Waals surface area (Å²) < 4.78 is 7.74. The predicted molar refractivity (Wildman–Crippen MR) is 97.4 cm³/mol. The van der Waals surface area contributed by atoms with Crippen LogP contribution in [0.5, 0.6) is 0 Å². The number of amides is 1. The Kier molecular flexibility index (Phi) is 4.21. The number of nitrogens with one attached hydrogen (secondary N) is 1. The van der Waals surface area contributed by atoms with Gasteiger partial charge in [0.2, 0.25) is 5.91 Å². The molecule has 1 aliphatic carbocycles. The summed E-state index contributed by atoms with van der Waals surface area (Å²) in [6.45, 7) is 4.57. The van der Waals surface area contributed by atoms with Crippen LogP contribution in [-0.4, -0.2) is 27.0 Å². The molecule has 2 aliphatic rings. The van der Waals surface area contributed by atoms with Gasteiger partial charge in [-0.3, -0.25) is 9.59 Å². The molecule has 1 aromatic carbocycles. The van der Waals surface area contributed by atoms with Crippen LogP contribution >= 0.6 is 0 Å². The highest BCUT2D eigenvalue weighted by atomic mass is 16.6. The van der Waals surface area contributed by atoms with E-state index in [2.05, 4.69) is 28.7 Å². The lowest BCUT2D eigenvalue weighted by Crippen LogP contribution is -2.42.